The molecule has 1 atom stereocenters. The number of carbonyl (C=O) groups excluding carboxylic acids is 1. The minimum atomic E-state index is -4.58. The molecular formula is C20H21F3N2O4S. The molecule has 0 radical (unpaired) electrons. The van der Waals surface area contributed by atoms with Gasteiger partial charge in [-0.15, -0.1) is 0 Å². The molecule has 0 bridgehead atoms. The molecule has 1 heterocycles. The SMILES string of the molecule is Cc1cc(NC(=O)C2CCCOC2)ccc1S(=O)(=O)Nc1cccc(C(F)(F)F)c1. The van der Waals surface area contributed by atoms with E-state index in [1.165, 1.54) is 24.3 Å². The fourth-order valence-electron chi connectivity index (χ4n) is 3.19. The van der Waals surface area contributed by atoms with Crippen LogP contribution in [0.2, 0.25) is 0 Å². The van der Waals surface area contributed by atoms with Gasteiger partial charge in [-0.05, 0) is 61.7 Å². The Hall–Kier alpha value is -2.59. The van der Waals surface area contributed by atoms with Crippen LogP contribution in [-0.2, 0) is 25.7 Å². The first-order valence-electron chi connectivity index (χ1n) is 9.25. The number of aryl methyl sites for hydroxylation is 1. The van der Waals surface area contributed by atoms with Crippen LogP contribution in [0.3, 0.4) is 0 Å². The largest absolute Gasteiger partial charge is 0.416 e. The molecule has 1 saturated heterocycles. The van der Waals surface area contributed by atoms with Crippen LogP contribution in [0, 0.1) is 12.8 Å². The number of amides is 1. The number of halogens is 3. The maximum Gasteiger partial charge on any atom is 0.416 e. The average Bonchev–Trinajstić information content (AvgIpc) is 2.67. The number of nitrogens with one attached hydrogen (secondary N) is 2. The fourth-order valence-corrected chi connectivity index (χ4v) is 4.47. The predicted molar refractivity (Wildman–Crippen MR) is 106 cm³/mol. The van der Waals surface area contributed by atoms with E-state index in [9.17, 15) is 26.4 Å². The molecule has 0 aromatic heterocycles. The Kier molecular flexibility index (Phi) is 6.37. The zero-order chi connectivity index (χ0) is 21.9. The van der Waals surface area contributed by atoms with Crippen molar-refractivity contribution in [3.63, 3.8) is 0 Å². The van der Waals surface area contributed by atoms with Crippen molar-refractivity contribution in [2.24, 2.45) is 5.92 Å². The van der Waals surface area contributed by atoms with E-state index < -0.39 is 21.8 Å². The van der Waals surface area contributed by atoms with Crippen LogP contribution < -0.4 is 10.0 Å². The van der Waals surface area contributed by atoms with Crippen molar-refractivity contribution in [3.05, 3.63) is 53.6 Å². The Labute approximate surface area is 172 Å². The summed E-state index contributed by atoms with van der Waals surface area (Å²) in [5.74, 6) is -0.461. The zero-order valence-electron chi connectivity index (χ0n) is 16.1. The molecule has 0 spiro atoms. The lowest BCUT2D eigenvalue weighted by Gasteiger charge is -2.21. The molecule has 0 aliphatic carbocycles. The van der Waals surface area contributed by atoms with Crippen LogP contribution in [-0.4, -0.2) is 27.5 Å². The number of ether oxygens (including phenoxy) is 1. The molecule has 30 heavy (non-hydrogen) atoms. The van der Waals surface area contributed by atoms with Gasteiger partial charge in [0.25, 0.3) is 10.0 Å². The van der Waals surface area contributed by atoms with Gasteiger partial charge in [0.15, 0.2) is 0 Å². The summed E-state index contributed by atoms with van der Waals surface area (Å²) in [4.78, 5) is 12.2. The molecule has 1 unspecified atom stereocenters. The van der Waals surface area contributed by atoms with E-state index in [1.807, 2.05) is 0 Å². The standard InChI is InChI=1S/C20H21F3N2O4S/c1-13-10-16(24-19(26)14-4-3-9-29-12-14)7-8-18(13)30(27,28)25-17-6-2-5-15(11-17)20(21,22)23/h2,5-8,10-11,14,25H,3-4,9,12H2,1H3,(H,24,26). The van der Waals surface area contributed by atoms with E-state index in [-0.39, 0.29) is 22.4 Å². The molecule has 3 rings (SSSR count). The van der Waals surface area contributed by atoms with Gasteiger partial charge < -0.3 is 10.1 Å². The third kappa shape index (κ3) is 5.31. The number of hydrogen-bond acceptors (Lipinski definition) is 4. The molecule has 162 valence electrons. The molecule has 1 amide bonds. The van der Waals surface area contributed by atoms with Crippen LogP contribution in [0.4, 0.5) is 24.5 Å². The Morgan fingerprint density at radius 2 is 1.90 bits per heavy atom. The van der Waals surface area contributed by atoms with Gasteiger partial charge in [-0.25, -0.2) is 8.42 Å². The monoisotopic (exact) mass is 442 g/mol. The summed E-state index contributed by atoms with van der Waals surface area (Å²) in [5, 5.41) is 2.75. The van der Waals surface area contributed by atoms with Crippen molar-refractivity contribution in [2.45, 2.75) is 30.8 Å². The van der Waals surface area contributed by atoms with Crippen LogP contribution in [0.15, 0.2) is 47.4 Å². The number of benzene rings is 2. The molecule has 0 saturated carbocycles. The number of carbonyl (C=O) groups is 1. The summed E-state index contributed by atoms with van der Waals surface area (Å²) in [6, 6.07) is 8.20. The third-order valence-corrected chi connectivity index (χ3v) is 6.25. The van der Waals surface area contributed by atoms with E-state index in [2.05, 4.69) is 10.0 Å². The van der Waals surface area contributed by atoms with Gasteiger partial charge in [-0.2, -0.15) is 13.2 Å². The summed E-state index contributed by atoms with van der Waals surface area (Å²) >= 11 is 0. The second kappa shape index (κ2) is 8.65. The van der Waals surface area contributed by atoms with Gasteiger partial charge in [0.05, 0.1) is 23.0 Å². The van der Waals surface area contributed by atoms with Crippen molar-refractivity contribution in [1.82, 2.24) is 0 Å². The normalized spacial score (nSPS) is 17.4. The molecule has 6 nitrogen and oxygen atoms in total. The first kappa shape index (κ1) is 22.1. The van der Waals surface area contributed by atoms with Gasteiger partial charge in [0.2, 0.25) is 5.91 Å². The van der Waals surface area contributed by atoms with Gasteiger partial charge in [0, 0.05) is 18.0 Å². The quantitative estimate of drug-likeness (QED) is 0.728. The smallest absolute Gasteiger partial charge is 0.381 e. The van der Waals surface area contributed by atoms with Crippen LogP contribution >= 0.6 is 0 Å². The van der Waals surface area contributed by atoms with Crippen molar-refractivity contribution < 1.29 is 31.1 Å². The van der Waals surface area contributed by atoms with Gasteiger partial charge >= 0.3 is 6.18 Å². The van der Waals surface area contributed by atoms with Crippen LogP contribution in [0.25, 0.3) is 0 Å². The fraction of sp³-hybridized carbons (Fsp3) is 0.350. The second-order valence-corrected chi connectivity index (χ2v) is 8.72. The lowest BCUT2D eigenvalue weighted by Crippen LogP contribution is -2.30. The highest BCUT2D eigenvalue weighted by Crippen LogP contribution is 2.31. The Morgan fingerprint density at radius 1 is 1.13 bits per heavy atom. The van der Waals surface area contributed by atoms with Crippen molar-refractivity contribution in [3.8, 4) is 0 Å². The second-order valence-electron chi connectivity index (χ2n) is 7.07. The topological polar surface area (TPSA) is 84.5 Å². The molecule has 1 aliphatic heterocycles. The van der Waals surface area contributed by atoms with E-state index in [0.717, 1.165) is 31.0 Å². The number of rotatable bonds is 5. The summed E-state index contributed by atoms with van der Waals surface area (Å²) < 4.78 is 71.4. The minimum absolute atomic E-state index is 0.0982. The highest BCUT2D eigenvalue weighted by molar-refractivity contribution is 7.92. The molecule has 2 aromatic carbocycles. The Morgan fingerprint density at radius 3 is 2.53 bits per heavy atom. The predicted octanol–water partition coefficient (Wildman–Crippen LogP) is 4.18. The maximum absolute atomic E-state index is 12.9. The van der Waals surface area contributed by atoms with Crippen LogP contribution in [0.5, 0.6) is 0 Å². The lowest BCUT2D eigenvalue weighted by atomic mass is 10.0. The first-order valence-corrected chi connectivity index (χ1v) is 10.7. The van der Waals surface area contributed by atoms with E-state index in [1.54, 1.807) is 6.92 Å². The molecule has 2 aromatic rings. The third-order valence-electron chi connectivity index (χ3n) is 4.71. The minimum Gasteiger partial charge on any atom is -0.381 e. The Bertz CT molecular complexity index is 1030. The summed E-state index contributed by atoms with van der Waals surface area (Å²) in [6.07, 6.45) is -3.06. The summed E-state index contributed by atoms with van der Waals surface area (Å²) in [5.41, 5.74) is -0.378. The summed E-state index contributed by atoms with van der Waals surface area (Å²) in [6.45, 7) is 2.52. The molecule has 10 heteroatoms. The zero-order valence-corrected chi connectivity index (χ0v) is 16.9. The molecule has 1 fully saturated rings. The van der Waals surface area contributed by atoms with Crippen molar-refractivity contribution in [2.75, 3.05) is 23.3 Å². The maximum atomic E-state index is 12.9. The van der Waals surface area contributed by atoms with E-state index in [0.29, 0.717) is 24.5 Å². The van der Waals surface area contributed by atoms with Crippen LogP contribution in [0.1, 0.15) is 24.0 Å². The van der Waals surface area contributed by atoms with Gasteiger partial charge in [0.1, 0.15) is 0 Å². The number of hydrogen-bond donors (Lipinski definition) is 2. The molecule has 2 N–H and O–H groups in total. The molecule has 1 aliphatic rings. The Balaban J connectivity index is 1.76. The number of alkyl halides is 3. The highest BCUT2D eigenvalue weighted by Gasteiger charge is 2.31. The lowest BCUT2D eigenvalue weighted by molar-refractivity contribution is -0.137. The summed E-state index contributed by atoms with van der Waals surface area (Å²) in [7, 11) is -4.12. The van der Waals surface area contributed by atoms with Crippen molar-refractivity contribution >= 4 is 27.3 Å². The first-order chi connectivity index (χ1) is 14.1. The number of sulfonamides is 1. The highest BCUT2D eigenvalue weighted by atomic mass is 32.2. The molecular weight excluding hydrogens is 421 g/mol. The van der Waals surface area contributed by atoms with E-state index >= 15 is 0 Å². The average molecular weight is 442 g/mol. The van der Waals surface area contributed by atoms with E-state index in [4.69, 9.17) is 4.74 Å². The van der Waals surface area contributed by atoms with Gasteiger partial charge in [-0.1, -0.05) is 6.07 Å². The van der Waals surface area contributed by atoms with Crippen molar-refractivity contribution in [1.29, 1.82) is 0 Å². The van der Waals surface area contributed by atoms with Gasteiger partial charge in [-0.3, -0.25) is 9.52 Å². The number of anilines is 2.